The number of aryl methyl sites for hydroxylation is 1. The van der Waals surface area contributed by atoms with Crippen molar-refractivity contribution >= 4 is 76.5 Å². The molecule has 10 aromatic rings. The van der Waals surface area contributed by atoms with Crippen LogP contribution in [0.25, 0.3) is 98.8 Å². The molecule has 0 atom stereocenters. The summed E-state index contributed by atoms with van der Waals surface area (Å²) in [5, 5.41) is 8.93. The molecule has 10 rings (SSSR count). The summed E-state index contributed by atoms with van der Waals surface area (Å²) in [6.07, 6.45) is 1.89. The highest BCUT2D eigenvalue weighted by Crippen LogP contribution is 2.45. The Kier molecular flexibility index (Phi) is 4.89. The van der Waals surface area contributed by atoms with E-state index in [9.17, 15) is 0 Å². The predicted octanol–water partition coefficient (Wildman–Crippen LogP) is 11.4. The second-order valence-electron chi connectivity index (χ2n) is 11.8. The van der Waals surface area contributed by atoms with Crippen molar-refractivity contribution in [1.82, 2.24) is 9.97 Å². The monoisotopic (exact) mass is 576 g/mol. The molecule has 0 saturated carbocycles. The smallest absolute Gasteiger partial charge is 0.147 e. The van der Waals surface area contributed by atoms with Gasteiger partial charge in [-0.2, -0.15) is 0 Å². The number of hydrogen-bond donors (Lipinski definition) is 0. The van der Waals surface area contributed by atoms with Crippen molar-refractivity contribution in [3.8, 4) is 22.4 Å². The Bertz CT molecular complexity index is 2800. The van der Waals surface area contributed by atoms with Crippen LogP contribution in [-0.2, 0) is 0 Å². The second kappa shape index (κ2) is 9.01. The normalized spacial score (nSPS) is 12.1. The highest BCUT2D eigenvalue weighted by atomic mass is 16.3. The molecule has 3 heterocycles. The molecule has 0 aliphatic rings. The van der Waals surface area contributed by atoms with E-state index in [0.29, 0.717) is 0 Å². The van der Waals surface area contributed by atoms with Crippen molar-refractivity contribution in [2.75, 3.05) is 0 Å². The van der Waals surface area contributed by atoms with Crippen LogP contribution in [-0.4, -0.2) is 9.97 Å². The van der Waals surface area contributed by atoms with Gasteiger partial charge in [0.15, 0.2) is 0 Å². The van der Waals surface area contributed by atoms with Gasteiger partial charge in [0.1, 0.15) is 22.3 Å². The SMILES string of the molecule is Cc1cccc2c1oc1c(-c3cccc(-c4cnc5c6ccccc6c6ccccc6c5n4)c3)c3oc4ccccc4c3cc12. The molecule has 7 aromatic carbocycles. The molecule has 0 amide bonds. The number of aromatic nitrogens is 2. The van der Waals surface area contributed by atoms with E-state index in [2.05, 4.69) is 116 Å². The van der Waals surface area contributed by atoms with Crippen molar-refractivity contribution in [3.63, 3.8) is 0 Å². The zero-order valence-corrected chi connectivity index (χ0v) is 24.3. The molecule has 0 unspecified atom stereocenters. The van der Waals surface area contributed by atoms with Crippen molar-refractivity contribution in [3.05, 3.63) is 133 Å². The lowest BCUT2D eigenvalue weighted by atomic mass is 9.96. The Hall–Kier alpha value is -6.00. The lowest BCUT2D eigenvalue weighted by Gasteiger charge is -2.11. The molecule has 0 N–H and O–H groups in total. The number of benzene rings is 7. The minimum atomic E-state index is 0.818. The minimum Gasteiger partial charge on any atom is -0.455 e. The van der Waals surface area contributed by atoms with Crippen LogP contribution in [0, 0.1) is 6.92 Å². The highest BCUT2D eigenvalue weighted by molar-refractivity contribution is 6.24. The summed E-state index contributed by atoms with van der Waals surface area (Å²) in [6, 6.07) is 42.2. The van der Waals surface area contributed by atoms with Gasteiger partial charge in [0, 0.05) is 37.9 Å². The molecule has 0 aliphatic heterocycles. The van der Waals surface area contributed by atoms with Gasteiger partial charge in [-0.1, -0.05) is 103 Å². The fourth-order valence-corrected chi connectivity index (χ4v) is 7.11. The van der Waals surface area contributed by atoms with Crippen LogP contribution in [0.15, 0.2) is 136 Å². The molecule has 0 aliphatic carbocycles. The average molecular weight is 577 g/mol. The van der Waals surface area contributed by atoms with Gasteiger partial charge in [0.25, 0.3) is 0 Å². The maximum Gasteiger partial charge on any atom is 0.147 e. The maximum atomic E-state index is 6.68. The quantitative estimate of drug-likeness (QED) is 0.192. The molecule has 210 valence electrons. The number of para-hydroxylation sites is 2. The van der Waals surface area contributed by atoms with E-state index in [-0.39, 0.29) is 0 Å². The Balaban J connectivity index is 1.26. The van der Waals surface area contributed by atoms with E-state index in [4.69, 9.17) is 18.8 Å². The summed E-state index contributed by atoms with van der Waals surface area (Å²) in [5.74, 6) is 0. The van der Waals surface area contributed by atoms with E-state index >= 15 is 0 Å². The van der Waals surface area contributed by atoms with Crippen LogP contribution in [0.5, 0.6) is 0 Å². The van der Waals surface area contributed by atoms with Crippen LogP contribution in [0.4, 0.5) is 0 Å². The maximum absolute atomic E-state index is 6.68. The van der Waals surface area contributed by atoms with Crippen molar-refractivity contribution < 1.29 is 8.83 Å². The molecule has 4 heteroatoms. The third-order valence-electron chi connectivity index (χ3n) is 9.20. The van der Waals surface area contributed by atoms with Gasteiger partial charge in [-0.25, -0.2) is 4.98 Å². The van der Waals surface area contributed by atoms with Crippen LogP contribution in [0.3, 0.4) is 0 Å². The van der Waals surface area contributed by atoms with Gasteiger partial charge in [-0.05, 0) is 47.0 Å². The summed E-state index contributed by atoms with van der Waals surface area (Å²) in [6.45, 7) is 2.09. The fraction of sp³-hybridized carbons (Fsp3) is 0.0244. The Morgan fingerprint density at radius 3 is 1.91 bits per heavy atom. The molecule has 3 aromatic heterocycles. The summed E-state index contributed by atoms with van der Waals surface area (Å²) in [5.41, 5.74) is 10.1. The molecule has 4 nitrogen and oxygen atoms in total. The number of hydrogen-bond acceptors (Lipinski definition) is 4. The number of nitrogens with zero attached hydrogens (tertiary/aromatic N) is 2. The van der Waals surface area contributed by atoms with Gasteiger partial charge in [0.2, 0.25) is 0 Å². The van der Waals surface area contributed by atoms with E-state index in [1.54, 1.807) is 0 Å². The van der Waals surface area contributed by atoms with Crippen LogP contribution in [0.1, 0.15) is 5.56 Å². The van der Waals surface area contributed by atoms with Gasteiger partial charge in [-0.15, -0.1) is 0 Å². The highest BCUT2D eigenvalue weighted by Gasteiger charge is 2.22. The first-order chi connectivity index (χ1) is 22.2. The topological polar surface area (TPSA) is 52.1 Å². The molecule has 0 bridgehead atoms. The average Bonchev–Trinajstić information content (AvgIpc) is 3.66. The first-order valence-electron chi connectivity index (χ1n) is 15.2. The summed E-state index contributed by atoms with van der Waals surface area (Å²) < 4.78 is 13.3. The lowest BCUT2D eigenvalue weighted by molar-refractivity contribution is 0.656. The van der Waals surface area contributed by atoms with Gasteiger partial charge >= 0.3 is 0 Å². The standard InChI is InChI=1S/C41H24N2O2/c1-23-10-8-18-31-33-21-32-28-15-6-7-19-35(28)44-40(32)36(41(33)45-39(23)31)25-12-9-11-24(20-25)34-22-42-37-29-16-4-2-13-26(29)27-14-3-5-17-30(27)38(37)43-34/h2-22H,1H3. The number of rotatable bonds is 2. The molecular weight excluding hydrogens is 552 g/mol. The van der Waals surface area contributed by atoms with E-state index in [1.165, 1.54) is 10.8 Å². The van der Waals surface area contributed by atoms with Crippen LogP contribution >= 0.6 is 0 Å². The third-order valence-corrected chi connectivity index (χ3v) is 9.20. The second-order valence-corrected chi connectivity index (χ2v) is 11.8. The largest absolute Gasteiger partial charge is 0.455 e. The first kappa shape index (κ1) is 24.4. The number of fused-ring (bicyclic) bond motifs is 12. The van der Waals surface area contributed by atoms with Gasteiger partial charge in [0.05, 0.1) is 28.5 Å². The summed E-state index contributed by atoms with van der Waals surface area (Å²) >= 11 is 0. The molecule has 0 radical (unpaired) electrons. The summed E-state index contributed by atoms with van der Waals surface area (Å²) in [4.78, 5) is 10.3. The Labute approximate surface area is 257 Å². The summed E-state index contributed by atoms with van der Waals surface area (Å²) in [7, 11) is 0. The molecular formula is C41H24N2O2. The van der Waals surface area contributed by atoms with E-state index in [0.717, 1.165) is 93.6 Å². The van der Waals surface area contributed by atoms with Crippen molar-refractivity contribution in [1.29, 1.82) is 0 Å². The van der Waals surface area contributed by atoms with E-state index in [1.807, 2.05) is 18.3 Å². The Morgan fingerprint density at radius 2 is 1.09 bits per heavy atom. The van der Waals surface area contributed by atoms with Crippen LogP contribution in [0.2, 0.25) is 0 Å². The predicted molar refractivity (Wildman–Crippen MR) is 185 cm³/mol. The van der Waals surface area contributed by atoms with Crippen molar-refractivity contribution in [2.45, 2.75) is 6.92 Å². The van der Waals surface area contributed by atoms with E-state index < -0.39 is 0 Å². The Morgan fingerprint density at radius 1 is 0.467 bits per heavy atom. The van der Waals surface area contributed by atoms with Crippen molar-refractivity contribution in [2.24, 2.45) is 0 Å². The van der Waals surface area contributed by atoms with Crippen LogP contribution < -0.4 is 0 Å². The number of furan rings is 2. The minimum absolute atomic E-state index is 0.818. The molecule has 45 heavy (non-hydrogen) atoms. The zero-order valence-electron chi connectivity index (χ0n) is 24.3. The zero-order chi connectivity index (χ0) is 29.6. The molecule has 0 fully saturated rings. The van der Waals surface area contributed by atoms with Gasteiger partial charge < -0.3 is 8.83 Å². The lowest BCUT2D eigenvalue weighted by Crippen LogP contribution is -1.92. The molecule has 0 saturated heterocycles. The third kappa shape index (κ3) is 3.42. The first-order valence-corrected chi connectivity index (χ1v) is 15.2. The molecule has 0 spiro atoms. The fourth-order valence-electron chi connectivity index (χ4n) is 7.11. The van der Waals surface area contributed by atoms with Gasteiger partial charge in [-0.3, -0.25) is 4.98 Å².